The van der Waals surface area contributed by atoms with Crippen LogP contribution in [0.15, 0.2) is 0 Å². The molecule has 3 heteroatoms. The zero-order chi connectivity index (χ0) is 6.28. The van der Waals surface area contributed by atoms with Gasteiger partial charge in [0.15, 0.2) is 0 Å². The van der Waals surface area contributed by atoms with Crippen LogP contribution in [0.5, 0.6) is 0 Å². The molecule has 0 spiro atoms. The summed E-state index contributed by atoms with van der Waals surface area (Å²) >= 11 is 1.07. The number of carbonyl (C=O) groups is 1. The molecule has 0 radical (unpaired) electrons. The normalized spacial score (nSPS) is 6.29. The van der Waals surface area contributed by atoms with E-state index in [1.807, 2.05) is 0 Å². The van der Waals surface area contributed by atoms with E-state index in [1.165, 1.54) is 3.93 Å². The summed E-state index contributed by atoms with van der Waals surface area (Å²) in [6, 6.07) is 0. The van der Waals surface area contributed by atoms with Gasteiger partial charge in [0, 0.05) is 5.97 Å². The van der Waals surface area contributed by atoms with Gasteiger partial charge in [-0.05, 0) is 6.92 Å². The Labute approximate surface area is 59.9 Å². The predicted molar refractivity (Wildman–Crippen MR) is 21.2 cm³/mol. The second kappa shape index (κ2) is 9.64. The van der Waals surface area contributed by atoms with Crippen LogP contribution in [0, 0.1) is 0 Å². The Morgan fingerprint density at radius 3 is 1.86 bits per heavy atom. The number of carboxylic acid groups (broad SMARTS) is 1. The van der Waals surface area contributed by atoms with E-state index in [1.54, 1.807) is 0 Å². The van der Waals surface area contributed by atoms with Crippen LogP contribution in [0.3, 0.4) is 0 Å². The molecule has 0 amide bonds. The molecule has 0 aromatic carbocycles. The first-order chi connectivity index (χ1) is 3.15. The van der Waals surface area contributed by atoms with E-state index in [-0.39, 0.29) is 0 Å². The Hall–Kier alpha value is 0.405. The molecule has 0 unspecified atom stereocenters. The van der Waals surface area contributed by atoms with Crippen LogP contribution in [0.25, 0.3) is 0 Å². The van der Waals surface area contributed by atoms with Gasteiger partial charge in [0.1, 0.15) is 0 Å². The van der Waals surface area contributed by atoms with Gasteiger partial charge in [-0.2, -0.15) is 0 Å². The van der Waals surface area contributed by atoms with Gasteiger partial charge >= 0.3 is 37.0 Å². The number of rotatable bonds is 0. The molecule has 0 saturated carbocycles. The second-order valence-corrected chi connectivity index (χ2v) is 4.88. The van der Waals surface area contributed by atoms with Crippen LogP contribution in [0.1, 0.15) is 13.8 Å². The third-order valence-electron chi connectivity index (χ3n) is 0. The van der Waals surface area contributed by atoms with Gasteiger partial charge < -0.3 is 9.90 Å². The van der Waals surface area contributed by atoms with Gasteiger partial charge in [-0.3, -0.25) is 0 Å². The molecular weight excluding hydrogens is 281 g/mol. The van der Waals surface area contributed by atoms with Crippen molar-refractivity contribution >= 4 is 5.97 Å². The topological polar surface area (TPSA) is 40.1 Å². The standard InChI is InChI=1S/C2H4O2.C2H5.Hg/c1-2(3)4;1-2;/h1H3,(H,3,4);1H2,2H3;/q;;+1/p-1. The van der Waals surface area contributed by atoms with Crippen LogP contribution < -0.4 is 5.11 Å². The maximum absolute atomic E-state index is 8.89. The Balaban J connectivity index is 0. The summed E-state index contributed by atoms with van der Waals surface area (Å²) in [6.45, 7) is 3.18. The van der Waals surface area contributed by atoms with E-state index in [4.69, 9.17) is 9.90 Å². The molecule has 0 N–H and O–H groups in total. The zero-order valence-corrected chi connectivity index (χ0v) is 10.2. The van der Waals surface area contributed by atoms with Crippen molar-refractivity contribution in [2.45, 2.75) is 17.8 Å². The Morgan fingerprint density at radius 1 is 1.86 bits per heavy atom. The van der Waals surface area contributed by atoms with Crippen LogP contribution in [-0.2, 0) is 30.9 Å². The van der Waals surface area contributed by atoms with Crippen molar-refractivity contribution in [2.24, 2.45) is 0 Å². The minimum absolute atomic E-state index is 0.972. The molecule has 0 aliphatic rings. The first-order valence-corrected chi connectivity index (χ1v) is 6.00. The van der Waals surface area contributed by atoms with Crippen molar-refractivity contribution in [1.29, 1.82) is 0 Å². The van der Waals surface area contributed by atoms with Gasteiger partial charge in [-0.15, -0.1) is 0 Å². The van der Waals surface area contributed by atoms with Crippen LogP contribution in [0.2, 0.25) is 3.93 Å². The van der Waals surface area contributed by atoms with Crippen LogP contribution in [0.4, 0.5) is 0 Å². The Morgan fingerprint density at radius 2 is 1.86 bits per heavy atom. The maximum atomic E-state index is 8.89. The third kappa shape index (κ3) is 757. The van der Waals surface area contributed by atoms with Crippen molar-refractivity contribution in [1.82, 2.24) is 0 Å². The second-order valence-electron chi connectivity index (χ2n) is 0.992. The van der Waals surface area contributed by atoms with E-state index >= 15 is 0 Å². The van der Waals surface area contributed by atoms with E-state index < -0.39 is 5.97 Å². The number of hydrogen-bond donors (Lipinski definition) is 0. The summed E-state index contributed by atoms with van der Waals surface area (Å²) in [4.78, 5) is 8.89. The van der Waals surface area contributed by atoms with Gasteiger partial charge in [0.2, 0.25) is 0 Å². The van der Waals surface area contributed by atoms with E-state index in [9.17, 15) is 0 Å². The van der Waals surface area contributed by atoms with E-state index in [2.05, 4.69) is 6.92 Å². The molecule has 0 saturated heterocycles. The molecular formula is C4H8HgO2. The van der Waals surface area contributed by atoms with Crippen molar-refractivity contribution in [2.75, 3.05) is 0 Å². The summed E-state index contributed by atoms with van der Waals surface area (Å²) < 4.78 is 1.44. The van der Waals surface area contributed by atoms with Gasteiger partial charge in [-0.25, -0.2) is 0 Å². The van der Waals surface area contributed by atoms with Crippen LogP contribution in [-0.4, -0.2) is 5.97 Å². The first kappa shape index (κ1) is 10.4. The zero-order valence-electron chi connectivity index (χ0n) is 4.73. The number of hydrogen-bond acceptors (Lipinski definition) is 2. The SMILES string of the molecule is CC(=O)[O-].C[CH2][Hg+]. The fourth-order valence-electron chi connectivity index (χ4n) is 0. The Bertz CT molecular complexity index is 41.0. The number of carboxylic acids is 1. The molecule has 2 nitrogen and oxygen atoms in total. The van der Waals surface area contributed by atoms with E-state index in [0.29, 0.717) is 0 Å². The monoisotopic (exact) mass is 290 g/mol. The summed E-state index contributed by atoms with van der Waals surface area (Å²) in [6.07, 6.45) is 0. The first-order valence-electron chi connectivity index (χ1n) is 2.12. The minimum atomic E-state index is -1.08. The molecule has 7 heavy (non-hydrogen) atoms. The predicted octanol–water partition coefficient (Wildman–Crippen LogP) is -0.272. The molecule has 38 valence electrons. The molecule has 0 heterocycles. The van der Waals surface area contributed by atoms with Crippen molar-refractivity contribution in [3.63, 3.8) is 0 Å². The average molecular weight is 289 g/mol. The molecule has 0 aromatic rings. The van der Waals surface area contributed by atoms with Crippen molar-refractivity contribution in [3.05, 3.63) is 0 Å². The quantitative estimate of drug-likeness (QED) is 0.576. The molecule has 0 aliphatic heterocycles. The van der Waals surface area contributed by atoms with Crippen LogP contribution >= 0.6 is 0 Å². The van der Waals surface area contributed by atoms with Crippen molar-refractivity contribution in [3.8, 4) is 0 Å². The summed E-state index contributed by atoms with van der Waals surface area (Å²) in [5.74, 6) is -1.08. The average Bonchev–Trinajstić information content (AvgIpc) is 1.33. The summed E-state index contributed by atoms with van der Waals surface area (Å²) in [5.41, 5.74) is 0. The molecule has 0 rings (SSSR count). The molecule has 0 atom stereocenters. The van der Waals surface area contributed by atoms with Gasteiger partial charge in [-0.1, -0.05) is 0 Å². The molecule has 0 aromatic heterocycles. The van der Waals surface area contributed by atoms with Gasteiger partial charge in [0.05, 0.1) is 0 Å². The van der Waals surface area contributed by atoms with E-state index in [0.717, 1.165) is 33.0 Å². The number of carbonyl (C=O) groups excluding carboxylic acids is 1. The fourth-order valence-corrected chi connectivity index (χ4v) is 0. The summed E-state index contributed by atoms with van der Waals surface area (Å²) in [7, 11) is 0. The third-order valence-corrected chi connectivity index (χ3v) is 0. The van der Waals surface area contributed by atoms with Gasteiger partial charge in [0.25, 0.3) is 0 Å². The summed E-state index contributed by atoms with van der Waals surface area (Å²) in [5, 5.41) is 8.89. The Kier molecular flexibility index (Phi) is 14.3. The fraction of sp³-hybridized carbons (Fsp3) is 0.750. The molecule has 0 aliphatic carbocycles. The number of aliphatic carboxylic acids is 1. The molecule has 0 bridgehead atoms. The van der Waals surface area contributed by atoms with Crippen molar-refractivity contribution < 1.29 is 36.0 Å². The molecule has 0 fully saturated rings.